The molecular formula is C13H13O-. The van der Waals surface area contributed by atoms with E-state index in [1.807, 2.05) is 61.5 Å². The number of rotatable bonds is 2. The Labute approximate surface area is 84.0 Å². The summed E-state index contributed by atoms with van der Waals surface area (Å²) in [5.74, 6) is 0. The Morgan fingerprint density at radius 3 is 2.36 bits per heavy atom. The average Bonchev–Trinajstić information content (AvgIpc) is 2.72. The number of hydrogen-bond acceptors (Lipinski definition) is 1. The van der Waals surface area contributed by atoms with Crippen LogP contribution in [0.3, 0.4) is 0 Å². The monoisotopic (exact) mass is 185 g/mol. The molecule has 1 heteroatoms. The van der Waals surface area contributed by atoms with Crippen LogP contribution in [-0.4, -0.2) is 5.11 Å². The first-order valence-corrected chi connectivity index (χ1v) is 4.71. The van der Waals surface area contributed by atoms with Crippen LogP contribution in [0, 0.1) is 0 Å². The Bertz CT molecular complexity index is 384. The van der Waals surface area contributed by atoms with Gasteiger partial charge in [-0.25, -0.2) is 6.07 Å². The van der Waals surface area contributed by atoms with Gasteiger partial charge in [0, 0.05) is 0 Å². The molecule has 1 unspecified atom stereocenters. The third kappa shape index (κ3) is 1.47. The minimum Gasteiger partial charge on any atom is -0.394 e. The Kier molecular flexibility index (Phi) is 2.18. The normalized spacial score (nSPS) is 15.0. The van der Waals surface area contributed by atoms with E-state index in [0.717, 1.165) is 11.1 Å². The smallest absolute Gasteiger partial charge is 0.0586 e. The highest BCUT2D eigenvalue weighted by Crippen LogP contribution is 2.28. The molecule has 0 heterocycles. The van der Waals surface area contributed by atoms with E-state index in [9.17, 15) is 5.11 Å². The van der Waals surface area contributed by atoms with E-state index in [0.29, 0.717) is 0 Å². The number of aliphatic hydroxyl groups is 1. The van der Waals surface area contributed by atoms with Crippen molar-refractivity contribution in [2.75, 3.05) is 0 Å². The van der Waals surface area contributed by atoms with Gasteiger partial charge in [-0.15, -0.1) is 0 Å². The first-order chi connectivity index (χ1) is 6.71. The summed E-state index contributed by atoms with van der Waals surface area (Å²) in [5, 5.41) is 10.3. The van der Waals surface area contributed by atoms with E-state index in [1.54, 1.807) is 0 Å². The summed E-state index contributed by atoms with van der Waals surface area (Å²) in [5.41, 5.74) is 0.972. The van der Waals surface area contributed by atoms with E-state index in [4.69, 9.17) is 0 Å². The van der Waals surface area contributed by atoms with Crippen LogP contribution in [0.2, 0.25) is 0 Å². The molecule has 0 aliphatic rings. The minimum absolute atomic E-state index is 0.884. The lowest BCUT2D eigenvalue weighted by Gasteiger charge is -2.28. The maximum Gasteiger partial charge on any atom is 0.0586 e. The lowest BCUT2D eigenvalue weighted by molar-refractivity contribution is 0.103. The van der Waals surface area contributed by atoms with Crippen LogP contribution in [0.4, 0.5) is 0 Å². The highest BCUT2D eigenvalue weighted by atomic mass is 16.3. The molecule has 72 valence electrons. The largest absolute Gasteiger partial charge is 0.394 e. The first-order valence-electron chi connectivity index (χ1n) is 4.71. The molecule has 2 aromatic carbocycles. The molecule has 0 saturated heterocycles. The fraction of sp³-hybridized carbons (Fsp3) is 0.154. The third-order valence-corrected chi connectivity index (χ3v) is 2.56. The van der Waals surface area contributed by atoms with Crippen LogP contribution < -0.4 is 0 Å². The van der Waals surface area contributed by atoms with Crippen molar-refractivity contribution in [3.8, 4) is 0 Å². The van der Waals surface area contributed by atoms with Crippen molar-refractivity contribution in [3.05, 3.63) is 65.7 Å². The number of hydrogen-bond donors (Lipinski definition) is 1. The fourth-order valence-electron chi connectivity index (χ4n) is 1.63. The second-order valence-electron chi connectivity index (χ2n) is 3.61. The van der Waals surface area contributed by atoms with Gasteiger partial charge >= 0.3 is 0 Å². The highest BCUT2D eigenvalue weighted by Gasteiger charge is 2.19. The molecule has 0 fully saturated rings. The van der Waals surface area contributed by atoms with Crippen LogP contribution in [-0.2, 0) is 5.60 Å². The molecule has 0 spiro atoms. The quantitative estimate of drug-likeness (QED) is 0.713. The molecule has 2 aromatic rings. The molecule has 1 N–H and O–H groups in total. The van der Waals surface area contributed by atoms with E-state index in [-0.39, 0.29) is 0 Å². The predicted molar refractivity (Wildman–Crippen MR) is 57.1 cm³/mol. The molecule has 0 bridgehead atoms. The van der Waals surface area contributed by atoms with Crippen LogP contribution in [0.25, 0.3) is 0 Å². The Morgan fingerprint density at radius 1 is 1.07 bits per heavy atom. The van der Waals surface area contributed by atoms with E-state index >= 15 is 0 Å². The summed E-state index contributed by atoms with van der Waals surface area (Å²) >= 11 is 0. The molecule has 0 amide bonds. The second-order valence-corrected chi connectivity index (χ2v) is 3.61. The Morgan fingerprint density at radius 2 is 1.79 bits per heavy atom. The van der Waals surface area contributed by atoms with Crippen molar-refractivity contribution >= 4 is 0 Å². The molecule has 0 aliphatic heterocycles. The van der Waals surface area contributed by atoms with Gasteiger partial charge in [0.05, 0.1) is 5.60 Å². The van der Waals surface area contributed by atoms with Gasteiger partial charge in [-0.05, 0) is 12.5 Å². The zero-order chi connectivity index (χ0) is 10.0. The summed E-state index contributed by atoms with van der Waals surface area (Å²) in [7, 11) is 0. The van der Waals surface area contributed by atoms with E-state index < -0.39 is 5.60 Å². The van der Waals surface area contributed by atoms with Gasteiger partial charge in [0.25, 0.3) is 0 Å². The van der Waals surface area contributed by atoms with Crippen LogP contribution in [0.5, 0.6) is 0 Å². The summed E-state index contributed by atoms with van der Waals surface area (Å²) in [6, 6.07) is 17.4. The van der Waals surface area contributed by atoms with Crippen molar-refractivity contribution in [2.24, 2.45) is 0 Å². The molecule has 14 heavy (non-hydrogen) atoms. The van der Waals surface area contributed by atoms with Gasteiger partial charge in [0.15, 0.2) is 0 Å². The van der Waals surface area contributed by atoms with Crippen molar-refractivity contribution < 1.29 is 5.11 Å². The molecule has 0 aliphatic carbocycles. The zero-order valence-corrected chi connectivity index (χ0v) is 8.14. The van der Waals surface area contributed by atoms with Gasteiger partial charge < -0.3 is 5.11 Å². The highest BCUT2D eigenvalue weighted by molar-refractivity contribution is 5.35. The zero-order valence-electron chi connectivity index (χ0n) is 8.14. The standard InChI is InChI=1S/C13H13O/c1-13(14,12-9-5-6-10-12)11-7-3-2-4-8-11/h2-10,14H,1H3/q-1. The molecular weight excluding hydrogens is 172 g/mol. The van der Waals surface area contributed by atoms with Crippen molar-refractivity contribution in [1.29, 1.82) is 0 Å². The third-order valence-electron chi connectivity index (χ3n) is 2.56. The van der Waals surface area contributed by atoms with E-state index in [2.05, 4.69) is 0 Å². The van der Waals surface area contributed by atoms with Crippen molar-refractivity contribution in [1.82, 2.24) is 0 Å². The Balaban J connectivity index is 2.43. The van der Waals surface area contributed by atoms with Crippen LogP contribution >= 0.6 is 0 Å². The lowest BCUT2D eigenvalue weighted by Crippen LogP contribution is -2.21. The molecule has 0 aromatic heterocycles. The topological polar surface area (TPSA) is 20.2 Å². The fourth-order valence-corrected chi connectivity index (χ4v) is 1.63. The van der Waals surface area contributed by atoms with Crippen LogP contribution in [0.15, 0.2) is 54.6 Å². The van der Waals surface area contributed by atoms with Gasteiger partial charge in [0.1, 0.15) is 0 Å². The molecule has 1 nitrogen and oxygen atoms in total. The maximum absolute atomic E-state index is 10.3. The van der Waals surface area contributed by atoms with Gasteiger partial charge in [-0.1, -0.05) is 30.3 Å². The summed E-state index contributed by atoms with van der Waals surface area (Å²) in [6.07, 6.45) is 0. The SMILES string of the molecule is CC(O)(c1ccccc1)c1cc[cH-]c1. The average molecular weight is 185 g/mol. The van der Waals surface area contributed by atoms with Gasteiger partial charge in [-0.3, -0.25) is 0 Å². The minimum atomic E-state index is -0.884. The van der Waals surface area contributed by atoms with Crippen molar-refractivity contribution in [3.63, 3.8) is 0 Å². The Hall–Kier alpha value is -1.47. The predicted octanol–water partition coefficient (Wildman–Crippen LogP) is 2.66. The summed E-state index contributed by atoms with van der Waals surface area (Å²) in [4.78, 5) is 0. The summed E-state index contributed by atoms with van der Waals surface area (Å²) < 4.78 is 0. The summed E-state index contributed by atoms with van der Waals surface area (Å²) in [6.45, 7) is 1.82. The molecule has 2 rings (SSSR count). The van der Waals surface area contributed by atoms with Gasteiger partial charge in [-0.2, -0.15) is 23.8 Å². The molecule has 0 radical (unpaired) electrons. The van der Waals surface area contributed by atoms with Gasteiger partial charge in [0.2, 0.25) is 0 Å². The maximum atomic E-state index is 10.3. The molecule has 1 atom stereocenters. The second kappa shape index (κ2) is 3.35. The number of benzene rings is 1. The molecule has 0 saturated carbocycles. The van der Waals surface area contributed by atoms with Crippen LogP contribution in [0.1, 0.15) is 18.1 Å². The first kappa shape index (κ1) is 9.10. The lowest BCUT2D eigenvalue weighted by atomic mass is 9.90. The van der Waals surface area contributed by atoms with Crippen molar-refractivity contribution in [2.45, 2.75) is 12.5 Å². The van der Waals surface area contributed by atoms with E-state index in [1.165, 1.54) is 0 Å².